The average molecular weight is 409 g/mol. The van der Waals surface area contributed by atoms with Gasteiger partial charge in [-0.3, -0.25) is 9.36 Å². The first-order chi connectivity index (χ1) is 14.5. The van der Waals surface area contributed by atoms with Gasteiger partial charge in [-0.05, 0) is 62.6 Å². The van der Waals surface area contributed by atoms with Crippen molar-refractivity contribution in [3.05, 3.63) is 38.5 Å². The Labute approximate surface area is 174 Å². The first-order valence-corrected chi connectivity index (χ1v) is 10.9. The highest BCUT2D eigenvalue weighted by Crippen LogP contribution is 2.47. The lowest BCUT2D eigenvalue weighted by Gasteiger charge is -2.27. The van der Waals surface area contributed by atoms with Crippen LogP contribution in [0.4, 0.5) is 5.69 Å². The minimum atomic E-state index is -0.431. The van der Waals surface area contributed by atoms with Gasteiger partial charge in [-0.2, -0.15) is 9.94 Å². The van der Waals surface area contributed by atoms with E-state index < -0.39 is 11.2 Å². The van der Waals surface area contributed by atoms with Crippen molar-refractivity contribution in [3.63, 3.8) is 0 Å². The molecule has 30 heavy (non-hydrogen) atoms. The zero-order valence-corrected chi connectivity index (χ0v) is 17.4. The Kier molecular flexibility index (Phi) is 4.40. The molecule has 0 spiro atoms. The number of nitrogens with one attached hydrogen (secondary N) is 1. The molecule has 1 aliphatic heterocycles. The fourth-order valence-electron chi connectivity index (χ4n) is 5.28. The van der Waals surface area contributed by atoms with Gasteiger partial charge in [-0.25, -0.2) is 4.79 Å². The van der Waals surface area contributed by atoms with Gasteiger partial charge in [0.25, 0.3) is 5.56 Å². The molecule has 1 saturated heterocycles. The molecule has 0 bridgehead atoms. The van der Waals surface area contributed by atoms with Crippen LogP contribution in [0.3, 0.4) is 0 Å². The van der Waals surface area contributed by atoms with E-state index >= 15 is 0 Å². The first-order valence-electron chi connectivity index (χ1n) is 10.9. The summed E-state index contributed by atoms with van der Waals surface area (Å²) in [6.45, 7) is 4.68. The standard InChI is InChI=1S/C22H28N6O2/c1-14-18(26-12-7-15(13-26)22(8-9-22)25-11-2-10-23)6-5-17-19(14)27(16-3-4-16)21(30)28(24)20(17)29/h5-6,15-16,25H,2-4,7-9,11-13,24H2,1H3. The summed E-state index contributed by atoms with van der Waals surface area (Å²) in [6.07, 6.45) is 5.88. The van der Waals surface area contributed by atoms with E-state index in [0.29, 0.717) is 17.7 Å². The van der Waals surface area contributed by atoms with Crippen LogP contribution in [-0.2, 0) is 0 Å². The van der Waals surface area contributed by atoms with Crippen molar-refractivity contribution in [2.75, 3.05) is 30.4 Å². The van der Waals surface area contributed by atoms with E-state index in [1.54, 1.807) is 4.57 Å². The molecule has 2 aromatic rings. The number of nitrogens with zero attached hydrogens (tertiary/aromatic N) is 4. The Morgan fingerprint density at radius 3 is 2.70 bits per heavy atom. The number of benzene rings is 1. The molecule has 3 aliphatic rings. The third-order valence-corrected chi connectivity index (χ3v) is 7.23. The van der Waals surface area contributed by atoms with E-state index in [-0.39, 0.29) is 11.6 Å². The molecule has 3 fully saturated rings. The molecule has 2 aliphatic carbocycles. The van der Waals surface area contributed by atoms with Crippen LogP contribution >= 0.6 is 0 Å². The third kappa shape index (κ3) is 2.91. The van der Waals surface area contributed by atoms with Crippen molar-refractivity contribution in [1.82, 2.24) is 14.6 Å². The lowest BCUT2D eigenvalue weighted by molar-refractivity contribution is 0.360. The second-order valence-electron chi connectivity index (χ2n) is 9.09. The number of aromatic nitrogens is 2. The Morgan fingerprint density at radius 2 is 2.03 bits per heavy atom. The molecule has 1 aromatic heterocycles. The van der Waals surface area contributed by atoms with E-state index in [1.165, 1.54) is 12.8 Å². The number of rotatable bonds is 6. The van der Waals surface area contributed by atoms with Gasteiger partial charge < -0.3 is 16.1 Å². The van der Waals surface area contributed by atoms with Gasteiger partial charge in [-0.1, -0.05) is 0 Å². The molecule has 1 aromatic carbocycles. The highest BCUT2D eigenvalue weighted by atomic mass is 16.2. The number of aryl methyl sites for hydroxylation is 1. The molecule has 1 unspecified atom stereocenters. The van der Waals surface area contributed by atoms with Crippen molar-refractivity contribution in [2.24, 2.45) is 5.92 Å². The zero-order valence-electron chi connectivity index (χ0n) is 17.4. The second-order valence-corrected chi connectivity index (χ2v) is 9.09. The summed E-state index contributed by atoms with van der Waals surface area (Å²) >= 11 is 0. The number of hydrogen-bond acceptors (Lipinski definition) is 6. The maximum atomic E-state index is 12.7. The number of hydrogen-bond donors (Lipinski definition) is 2. The lowest BCUT2D eigenvalue weighted by Crippen LogP contribution is -2.44. The molecule has 0 amide bonds. The molecular weight excluding hydrogens is 380 g/mol. The maximum absolute atomic E-state index is 12.7. The predicted molar refractivity (Wildman–Crippen MR) is 116 cm³/mol. The Balaban J connectivity index is 1.49. The Hall–Kier alpha value is -2.79. The highest BCUT2D eigenvalue weighted by Gasteiger charge is 2.50. The molecule has 8 nitrogen and oxygen atoms in total. The number of fused-ring (bicyclic) bond motifs is 1. The van der Waals surface area contributed by atoms with Crippen molar-refractivity contribution in [1.29, 1.82) is 5.26 Å². The molecule has 2 saturated carbocycles. The zero-order chi connectivity index (χ0) is 21.0. The van der Waals surface area contributed by atoms with Gasteiger partial charge in [0.1, 0.15) is 0 Å². The van der Waals surface area contributed by atoms with Crippen LogP contribution in [-0.4, -0.2) is 34.4 Å². The topological polar surface area (TPSA) is 109 Å². The predicted octanol–water partition coefficient (Wildman–Crippen LogP) is 1.38. The largest absolute Gasteiger partial charge is 0.371 e. The van der Waals surface area contributed by atoms with Crippen LogP contribution < -0.4 is 27.3 Å². The molecule has 0 radical (unpaired) electrons. The first kappa shape index (κ1) is 19.2. The van der Waals surface area contributed by atoms with Gasteiger partial charge in [0.15, 0.2) is 0 Å². The molecule has 1 atom stereocenters. The molecule has 8 heteroatoms. The van der Waals surface area contributed by atoms with E-state index in [1.807, 2.05) is 19.1 Å². The number of nitriles is 1. The van der Waals surface area contributed by atoms with Gasteiger partial charge >= 0.3 is 5.69 Å². The van der Waals surface area contributed by atoms with Crippen LogP contribution in [0.5, 0.6) is 0 Å². The number of nitrogen functional groups attached to an aromatic ring is 1. The van der Waals surface area contributed by atoms with Crippen LogP contribution in [0.2, 0.25) is 0 Å². The van der Waals surface area contributed by atoms with Crippen molar-refractivity contribution >= 4 is 16.6 Å². The summed E-state index contributed by atoms with van der Waals surface area (Å²) in [4.78, 5) is 27.8. The van der Waals surface area contributed by atoms with Crippen LogP contribution in [0.15, 0.2) is 21.7 Å². The van der Waals surface area contributed by atoms with Crippen LogP contribution in [0.1, 0.15) is 50.1 Å². The molecular formula is C22H28N6O2. The van der Waals surface area contributed by atoms with E-state index in [9.17, 15) is 9.59 Å². The molecule has 3 N–H and O–H groups in total. The fraction of sp³-hybridized carbons (Fsp3) is 0.591. The fourth-order valence-corrected chi connectivity index (χ4v) is 5.28. The smallest absolute Gasteiger partial charge is 0.350 e. The summed E-state index contributed by atoms with van der Waals surface area (Å²) < 4.78 is 2.48. The van der Waals surface area contributed by atoms with Gasteiger partial charge in [0.05, 0.1) is 17.0 Å². The maximum Gasteiger partial charge on any atom is 0.350 e. The van der Waals surface area contributed by atoms with Crippen LogP contribution in [0, 0.1) is 24.2 Å². The van der Waals surface area contributed by atoms with Crippen molar-refractivity contribution in [3.8, 4) is 6.07 Å². The van der Waals surface area contributed by atoms with Gasteiger partial charge in [0, 0.05) is 43.3 Å². The van der Waals surface area contributed by atoms with Gasteiger partial charge in [-0.15, -0.1) is 0 Å². The number of anilines is 1. The minimum absolute atomic E-state index is 0.134. The van der Waals surface area contributed by atoms with Crippen molar-refractivity contribution in [2.45, 2.75) is 57.0 Å². The van der Waals surface area contributed by atoms with E-state index in [2.05, 4.69) is 16.3 Å². The van der Waals surface area contributed by atoms with E-state index in [0.717, 1.165) is 60.3 Å². The van der Waals surface area contributed by atoms with E-state index in [4.69, 9.17) is 11.1 Å². The summed E-state index contributed by atoms with van der Waals surface area (Å²) in [5.74, 6) is 6.33. The van der Waals surface area contributed by atoms with Crippen LogP contribution in [0.25, 0.3) is 10.9 Å². The van der Waals surface area contributed by atoms with Crippen molar-refractivity contribution < 1.29 is 0 Å². The monoisotopic (exact) mass is 408 g/mol. The normalized spacial score (nSPS) is 22.4. The van der Waals surface area contributed by atoms with Gasteiger partial charge in [0.2, 0.25) is 0 Å². The summed E-state index contributed by atoms with van der Waals surface area (Å²) in [7, 11) is 0. The minimum Gasteiger partial charge on any atom is -0.371 e. The summed E-state index contributed by atoms with van der Waals surface area (Å²) in [5.41, 5.74) is 2.15. The lowest BCUT2D eigenvalue weighted by atomic mass is 9.96. The SMILES string of the molecule is Cc1c(N2CCC(C3(NCCC#N)CC3)C2)ccc2c(=O)n(N)c(=O)n(C3CC3)c12. The Morgan fingerprint density at radius 1 is 1.27 bits per heavy atom. The molecule has 5 rings (SSSR count). The number of nitrogens with two attached hydrogens (primary N) is 1. The summed E-state index contributed by atoms with van der Waals surface area (Å²) in [5, 5.41) is 13.0. The highest BCUT2D eigenvalue weighted by molar-refractivity contribution is 5.87. The second kappa shape index (κ2) is 6.88. The third-order valence-electron chi connectivity index (χ3n) is 7.23. The Bertz CT molecular complexity index is 1170. The molecule has 158 valence electrons. The quantitative estimate of drug-likeness (QED) is 0.552. The average Bonchev–Trinajstić information content (AvgIpc) is 3.67. The summed E-state index contributed by atoms with van der Waals surface area (Å²) in [6, 6.07) is 6.18. The molecule has 2 heterocycles.